The van der Waals surface area contributed by atoms with E-state index >= 15 is 0 Å². The molecule has 1 aliphatic carbocycles. The number of hydrogen-bond donors (Lipinski definition) is 2. The van der Waals surface area contributed by atoms with Gasteiger partial charge >= 0.3 is 6.18 Å². The molecular weight excluding hydrogens is 359 g/mol. The van der Waals surface area contributed by atoms with E-state index < -0.39 is 17.5 Å². The summed E-state index contributed by atoms with van der Waals surface area (Å²) in [6.07, 6.45) is -1.24. The number of likely N-dealkylation sites (tertiary alicyclic amines) is 1. The maximum absolute atomic E-state index is 13.4. The van der Waals surface area contributed by atoms with Crippen LogP contribution in [0, 0.1) is 5.92 Å². The Balaban J connectivity index is 1.50. The molecule has 1 saturated heterocycles. The van der Waals surface area contributed by atoms with Gasteiger partial charge in [-0.3, -0.25) is 4.79 Å². The lowest BCUT2D eigenvalue weighted by Gasteiger charge is -2.37. The summed E-state index contributed by atoms with van der Waals surface area (Å²) in [7, 11) is 0. The highest BCUT2D eigenvalue weighted by Crippen LogP contribution is 2.40. The molecule has 0 radical (unpaired) electrons. The van der Waals surface area contributed by atoms with Gasteiger partial charge in [0.15, 0.2) is 0 Å². The van der Waals surface area contributed by atoms with Gasteiger partial charge in [0.05, 0.1) is 16.9 Å². The number of carbonyl (C=O) groups is 1. The molecule has 0 aromatic carbocycles. The average molecular weight is 385 g/mol. The molecule has 9 heteroatoms. The highest BCUT2D eigenvalue weighted by atomic mass is 19.4. The standard InChI is InChI=1S/C18H26F3N5O/c1-17(22,12-2-3-12)16(27)25-7-4-11(5-8-25)14-13-10-23-6-9-26(13)15(24-14)18(19,20)21/h11-12,23H,2-10,22H2,1H3. The van der Waals surface area contributed by atoms with Crippen molar-refractivity contribution < 1.29 is 18.0 Å². The lowest BCUT2D eigenvalue weighted by molar-refractivity contribution is -0.147. The minimum atomic E-state index is -4.45. The first-order chi connectivity index (χ1) is 12.7. The third kappa shape index (κ3) is 3.35. The molecule has 3 N–H and O–H groups in total. The number of nitrogens with two attached hydrogens (primary N) is 1. The molecule has 1 amide bonds. The molecule has 2 fully saturated rings. The molecule has 2 aliphatic heterocycles. The zero-order valence-electron chi connectivity index (χ0n) is 15.5. The summed E-state index contributed by atoms with van der Waals surface area (Å²) in [6, 6.07) is 0. The van der Waals surface area contributed by atoms with Gasteiger partial charge in [0, 0.05) is 38.6 Å². The van der Waals surface area contributed by atoms with Crippen molar-refractivity contribution >= 4 is 5.91 Å². The number of hydrogen-bond acceptors (Lipinski definition) is 4. The van der Waals surface area contributed by atoms with Crippen molar-refractivity contribution in [3.05, 3.63) is 17.2 Å². The first kappa shape index (κ1) is 18.7. The summed E-state index contributed by atoms with van der Waals surface area (Å²) < 4.78 is 41.4. The van der Waals surface area contributed by atoms with Crippen LogP contribution >= 0.6 is 0 Å². The maximum atomic E-state index is 13.4. The number of rotatable bonds is 3. The lowest BCUT2D eigenvalue weighted by atomic mass is 9.89. The first-order valence-corrected chi connectivity index (χ1v) is 9.65. The average Bonchev–Trinajstić information content (AvgIpc) is 3.41. The number of nitrogens with zero attached hydrogens (tertiary/aromatic N) is 3. The molecule has 1 saturated carbocycles. The highest BCUT2D eigenvalue weighted by Gasteiger charge is 2.47. The molecule has 1 aromatic rings. The lowest BCUT2D eigenvalue weighted by Crippen LogP contribution is -2.56. The quantitative estimate of drug-likeness (QED) is 0.833. The Hall–Kier alpha value is -1.61. The fraction of sp³-hybridized carbons (Fsp3) is 0.778. The van der Waals surface area contributed by atoms with Gasteiger partial charge < -0.3 is 20.5 Å². The second-order valence-electron chi connectivity index (χ2n) is 8.22. The Morgan fingerprint density at radius 2 is 1.85 bits per heavy atom. The van der Waals surface area contributed by atoms with Crippen LogP contribution in [-0.4, -0.2) is 45.5 Å². The molecule has 3 heterocycles. The van der Waals surface area contributed by atoms with Gasteiger partial charge in [0.1, 0.15) is 0 Å². The van der Waals surface area contributed by atoms with Gasteiger partial charge in [-0.1, -0.05) is 0 Å². The molecule has 3 aliphatic rings. The SMILES string of the molecule is CC(N)(C(=O)N1CCC(c2nc(C(F)(F)F)n3c2CNCC3)CC1)C1CC1. The Bertz CT molecular complexity index is 730. The Morgan fingerprint density at radius 3 is 2.44 bits per heavy atom. The third-order valence-corrected chi connectivity index (χ3v) is 6.22. The number of fused-ring (bicyclic) bond motifs is 1. The van der Waals surface area contributed by atoms with Crippen LogP contribution in [-0.2, 0) is 24.1 Å². The zero-order valence-corrected chi connectivity index (χ0v) is 15.5. The molecule has 1 unspecified atom stereocenters. The van der Waals surface area contributed by atoms with E-state index in [0.717, 1.165) is 12.8 Å². The van der Waals surface area contributed by atoms with Gasteiger partial charge in [0.25, 0.3) is 0 Å². The van der Waals surface area contributed by atoms with Crippen molar-refractivity contribution in [3.63, 3.8) is 0 Å². The van der Waals surface area contributed by atoms with Crippen molar-refractivity contribution in [2.45, 2.75) is 63.3 Å². The van der Waals surface area contributed by atoms with Crippen molar-refractivity contribution in [1.82, 2.24) is 19.8 Å². The van der Waals surface area contributed by atoms with E-state index in [1.54, 1.807) is 11.8 Å². The number of carbonyl (C=O) groups excluding carboxylic acids is 1. The summed E-state index contributed by atoms with van der Waals surface area (Å²) in [5.41, 5.74) is 6.60. The molecule has 150 valence electrons. The minimum absolute atomic E-state index is 0.0343. The summed E-state index contributed by atoms with van der Waals surface area (Å²) in [5.74, 6) is -0.636. The van der Waals surface area contributed by atoms with E-state index in [2.05, 4.69) is 10.3 Å². The highest BCUT2D eigenvalue weighted by molar-refractivity contribution is 5.86. The molecule has 6 nitrogen and oxygen atoms in total. The van der Waals surface area contributed by atoms with Crippen molar-refractivity contribution in [2.75, 3.05) is 19.6 Å². The number of imidazole rings is 1. The zero-order chi connectivity index (χ0) is 19.4. The van der Waals surface area contributed by atoms with Gasteiger partial charge in [-0.05, 0) is 38.5 Å². The van der Waals surface area contributed by atoms with Crippen LogP contribution in [0.4, 0.5) is 13.2 Å². The van der Waals surface area contributed by atoms with Crippen molar-refractivity contribution in [2.24, 2.45) is 11.7 Å². The summed E-state index contributed by atoms with van der Waals surface area (Å²) in [5, 5.41) is 3.14. The predicted molar refractivity (Wildman–Crippen MR) is 92.8 cm³/mol. The number of amides is 1. The molecular formula is C18H26F3N5O. The first-order valence-electron chi connectivity index (χ1n) is 9.65. The number of aromatic nitrogens is 2. The van der Waals surface area contributed by atoms with Gasteiger partial charge in [0.2, 0.25) is 11.7 Å². The third-order valence-electron chi connectivity index (χ3n) is 6.22. The molecule has 0 bridgehead atoms. The predicted octanol–water partition coefficient (Wildman–Crippen LogP) is 1.84. The Morgan fingerprint density at radius 1 is 1.19 bits per heavy atom. The van der Waals surface area contributed by atoms with E-state index in [4.69, 9.17) is 5.73 Å². The maximum Gasteiger partial charge on any atom is 0.449 e. The Kier molecular flexibility index (Phi) is 4.50. The van der Waals surface area contributed by atoms with Crippen molar-refractivity contribution in [1.29, 1.82) is 0 Å². The number of alkyl halides is 3. The van der Waals surface area contributed by atoms with Crippen molar-refractivity contribution in [3.8, 4) is 0 Å². The number of nitrogens with one attached hydrogen (secondary N) is 1. The van der Waals surface area contributed by atoms with E-state index in [9.17, 15) is 18.0 Å². The van der Waals surface area contributed by atoms with Crippen LogP contribution in [0.3, 0.4) is 0 Å². The van der Waals surface area contributed by atoms with E-state index in [1.807, 2.05) is 0 Å². The smallest absolute Gasteiger partial charge is 0.341 e. The number of halogens is 3. The second kappa shape index (κ2) is 6.48. The monoisotopic (exact) mass is 385 g/mol. The summed E-state index contributed by atoms with van der Waals surface area (Å²) >= 11 is 0. The normalized spacial score (nSPS) is 23.8. The topological polar surface area (TPSA) is 76.2 Å². The molecule has 0 spiro atoms. The second-order valence-corrected chi connectivity index (χ2v) is 8.22. The van der Waals surface area contributed by atoms with Crippen LogP contribution in [0.5, 0.6) is 0 Å². The summed E-state index contributed by atoms with van der Waals surface area (Å²) in [6.45, 7) is 4.02. The number of piperidine rings is 1. The Labute approximate surface area is 156 Å². The van der Waals surface area contributed by atoms with Gasteiger partial charge in [-0.25, -0.2) is 4.98 Å². The summed E-state index contributed by atoms with van der Waals surface area (Å²) in [4.78, 5) is 18.5. The molecule has 27 heavy (non-hydrogen) atoms. The van der Waals surface area contributed by atoms with Crippen LogP contribution in [0.15, 0.2) is 0 Å². The van der Waals surface area contributed by atoms with Gasteiger partial charge in [-0.15, -0.1) is 0 Å². The van der Waals surface area contributed by atoms with E-state index in [-0.39, 0.29) is 24.3 Å². The van der Waals surface area contributed by atoms with Crippen LogP contribution in [0.25, 0.3) is 0 Å². The molecule has 4 rings (SSSR count). The minimum Gasteiger partial charge on any atom is -0.341 e. The van der Waals surface area contributed by atoms with Crippen LogP contribution < -0.4 is 11.1 Å². The molecule has 1 atom stereocenters. The van der Waals surface area contributed by atoms with Crippen LogP contribution in [0.1, 0.15) is 55.7 Å². The van der Waals surface area contributed by atoms with Gasteiger partial charge in [-0.2, -0.15) is 13.2 Å². The largest absolute Gasteiger partial charge is 0.449 e. The fourth-order valence-electron chi connectivity index (χ4n) is 4.43. The van der Waals surface area contributed by atoms with E-state index in [0.29, 0.717) is 50.4 Å². The van der Waals surface area contributed by atoms with Crippen LogP contribution in [0.2, 0.25) is 0 Å². The van der Waals surface area contributed by atoms with E-state index in [1.165, 1.54) is 4.57 Å². The fourth-order valence-corrected chi connectivity index (χ4v) is 4.43. The molecule has 1 aromatic heterocycles.